The van der Waals surface area contributed by atoms with Gasteiger partial charge in [0.25, 0.3) is 0 Å². The molecule has 1 aliphatic rings. The molecule has 0 fully saturated rings. The molecule has 1 rings (SSSR count). The lowest BCUT2D eigenvalue weighted by Gasteiger charge is -2.09. The Morgan fingerprint density at radius 1 is 1.78 bits per heavy atom. The molecule has 48 valence electrons. The molecule has 0 aromatic rings. The fraction of sp³-hybridized carbons (Fsp3) is 0.143. The van der Waals surface area contributed by atoms with Gasteiger partial charge in [-0.1, -0.05) is 28.6 Å². The summed E-state index contributed by atoms with van der Waals surface area (Å²) >= 11 is 3.38. The number of hydrogen-bond acceptors (Lipinski definition) is 1. The molecule has 1 heterocycles. The highest BCUT2D eigenvalue weighted by Gasteiger charge is 1.99. The molecule has 1 N–H and O–H groups in total. The van der Waals surface area contributed by atoms with Gasteiger partial charge in [-0.15, -0.1) is 0 Å². The maximum atomic E-state index is 3.65. The highest BCUT2D eigenvalue weighted by atomic mass is 79.9. The van der Waals surface area contributed by atoms with Crippen LogP contribution in [-0.4, -0.2) is 4.95 Å². The maximum absolute atomic E-state index is 3.65. The Morgan fingerprint density at radius 3 is 3.00 bits per heavy atom. The van der Waals surface area contributed by atoms with Crippen LogP contribution < -0.4 is 5.32 Å². The average Bonchev–Trinajstić information content (AvgIpc) is 1.88. The van der Waals surface area contributed by atoms with Crippen LogP contribution in [0.15, 0.2) is 36.6 Å². The molecule has 0 bridgehead atoms. The molecule has 0 saturated carbocycles. The Labute approximate surface area is 63.3 Å². The summed E-state index contributed by atoms with van der Waals surface area (Å²) in [6.07, 6.45) is 7.75. The van der Waals surface area contributed by atoms with Crippen LogP contribution in [0, 0.1) is 0 Å². The molecule has 1 atom stereocenters. The van der Waals surface area contributed by atoms with Crippen LogP contribution in [-0.2, 0) is 0 Å². The molecule has 1 aliphatic heterocycles. The largest absolute Gasteiger partial charge is 0.375 e. The van der Waals surface area contributed by atoms with E-state index in [1.54, 1.807) is 0 Å². The zero-order valence-electron chi connectivity index (χ0n) is 4.97. The Morgan fingerprint density at radius 2 is 2.56 bits per heavy atom. The zero-order chi connectivity index (χ0) is 6.69. The molecule has 1 unspecified atom stereocenters. The van der Waals surface area contributed by atoms with Gasteiger partial charge in [0.15, 0.2) is 0 Å². The number of rotatable bonds is 1. The van der Waals surface area contributed by atoms with Gasteiger partial charge >= 0.3 is 0 Å². The van der Waals surface area contributed by atoms with Crippen LogP contribution in [0.5, 0.6) is 0 Å². The first-order valence-electron chi connectivity index (χ1n) is 2.74. The summed E-state index contributed by atoms with van der Waals surface area (Å²) in [5.74, 6) is 0. The van der Waals surface area contributed by atoms with Gasteiger partial charge in [-0.05, 0) is 23.9 Å². The van der Waals surface area contributed by atoms with Crippen LogP contribution in [0.25, 0.3) is 0 Å². The van der Waals surface area contributed by atoms with Crippen molar-refractivity contribution in [1.29, 1.82) is 0 Å². The molecule has 0 radical (unpaired) electrons. The molecule has 0 amide bonds. The van der Waals surface area contributed by atoms with Crippen molar-refractivity contribution in [2.75, 3.05) is 0 Å². The van der Waals surface area contributed by atoms with Gasteiger partial charge in [0.1, 0.15) is 4.95 Å². The topological polar surface area (TPSA) is 12.0 Å². The summed E-state index contributed by atoms with van der Waals surface area (Å²) in [7, 11) is 0. The highest BCUT2D eigenvalue weighted by Crippen LogP contribution is 2.08. The Balaban J connectivity index is 2.70. The summed E-state index contributed by atoms with van der Waals surface area (Å²) in [6.45, 7) is 3.65. The van der Waals surface area contributed by atoms with E-state index >= 15 is 0 Å². The molecular weight excluding hydrogens is 178 g/mol. The van der Waals surface area contributed by atoms with Crippen molar-refractivity contribution in [1.82, 2.24) is 5.32 Å². The molecule has 0 saturated heterocycles. The highest BCUT2D eigenvalue weighted by molar-refractivity contribution is 9.09. The predicted molar refractivity (Wildman–Crippen MR) is 43.3 cm³/mol. The first-order chi connectivity index (χ1) is 4.33. The van der Waals surface area contributed by atoms with Gasteiger partial charge in [0, 0.05) is 0 Å². The summed E-state index contributed by atoms with van der Waals surface area (Å²) in [6, 6.07) is 0. The smallest absolute Gasteiger partial charge is 0.101 e. The third-order valence-corrected chi connectivity index (χ3v) is 1.63. The minimum Gasteiger partial charge on any atom is -0.375 e. The molecule has 2 heteroatoms. The second kappa shape index (κ2) is 2.87. The van der Waals surface area contributed by atoms with Crippen molar-refractivity contribution in [3.05, 3.63) is 36.6 Å². The number of halogens is 1. The van der Waals surface area contributed by atoms with Crippen molar-refractivity contribution in [2.45, 2.75) is 4.95 Å². The van der Waals surface area contributed by atoms with E-state index in [4.69, 9.17) is 0 Å². The van der Waals surface area contributed by atoms with Crippen molar-refractivity contribution in [2.24, 2.45) is 0 Å². The molecule has 0 aliphatic carbocycles. The van der Waals surface area contributed by atoms with Crippen LogP contribution in [0.4, 0.5) is 0 Å². The minimum absolute atomic E-state index is 0.260. The average molecular weight is 186 g/mol. The first kappa shape index (κ1) is 6.62. The van der Waals surface area contributed by atoms with Gasteiger partial charge in [-0.2, -0.15) is 0 Å². The van der Waals surface area contributed by atoms with E-state index in [9.17, 15) is 0 Å². The zero-order valence-corrected chi connectivity index (χ0v) is 6.56. The monoisotopic (exact) mass is 185 g/mol. The predicted octanol–water partition coefficient (Wildman–Crippen LogP) is 1.94. The number of hydrogen-bond donors (Lipinski definition) is 1. The summed E-state index contributed by atoms with van der Waals surface area (Å²) in [5.41, 5.74) is 1.15. The van der Waals surface area contributed by atoms with Crippen molar-refractivity contribution in [3.8, 4) is 0 Å². The van der Waals surface area contributed by atoms with Crippen LogP contribution >= 0.6 is 15.9 Å². The normalized spacial score (nSPS) is 24.6. The van der Waals surface area contributed by atoms with Crippen molar-refractivity contribution in [3.63, 3.8) is 0 Å². The molecular formula is C7H8BrN. The number of nitrogens with one attached hydrogen (secondary N) is 1. The van der Waals surface area contributed by atoms with Gasteiger partial charge in [-0.3, -0.25) is 0 Å². The van der Waals surface area contributed by atoms with Crippen molar-refractivity contribution < 1.29 is 0 Å². The summed E-state index contributed by atoms with van der Waals surface area (Å²) in [5, 5.41) is 3.06. The SMILES string of the molecule is C=CC1=CC(Br)NC=C1. The Bertz CT molecular complexity index is 170. The first-order valence-corrected chi connectivity index (χ1v) is 3.65. The number of allylic oxidation sites excluding steroid dienone is 3. The summed E-state index contributed by atoms with van der Waals surface area (Å²) in [4.78, 5) is 0.260. The van der Waals surface area contributed by atoms with E-state index in [1.807, 2.05) is 24.4 Å². The lowest BCUT2D eigenvalue weighted by atomic mass is 10.2. The second-order valence-electron chi connectivity index (χ2n) is 1.77. The number of dihydropyridines is 1. The summed E-state index contributed by atoms with van der Waals surface area (Å²) < 4.78 is 0. The van der Waals surface area contributed by atoms with Crippen LogP contribution in [0.3, 0.4) is 0 Å². The van der Waals surface area contributed by atoms with E-state index in [1.165, 1.54) is 0 Å². The third-order valence-electron chi connectivity index (χ3n) is 1.11. The van der Waals surface area contributed by atoms with E-state index in [0.29, 0.717) is 0 Å². The lowest BCUT2D eigenvalue weighted by molar-refractivity contribution is 0.920. The molecule has 0 spiro atoms. The van der Waals surface area contributed by atoms with E-state index in [2.05, 4.69) is 27.8 Å². The van der Waals surface area contributed by atoms with Gasteiger partial charge in [0.05, 0.1) is 0 Å². The van der Waals surface area contributed by atoms with Gasteiger partial charge < -0.3 is 5.32 Å². The fourth-order valence-corrected chi connectivity index (χ4v) is 1.10. The van der Waals surface area contributed by atoms with Gasteiger partial charge in [0.2, 0.25) is 0 Å². The van der Waals surface area contributed by atoms with Crippen LogP contribution in [0.2, 0.25) is 0 Å². The second-order valence-corrected chi connectivity index (χ2v) is 2.76. The standard InChI is InChI=1S/C7H8BrN/c1-2-6-3-4-9-7(8)5-6/h2-5,7,9H,1H2. The number of alkyl halides is 1. The molecule has 9 heavy (non-hydrogen) atoms. The minimum atomic E-state index is 0.260. The lowest BCUT2D eigenvalue weighted by Crippen LogP contribution is -2.17. The van der Waals surface area contributed by atoms with Gasteiger partial charge in [-0.25, -0.2) is 0 Å². The van der Waals surface area contributed by atoms with E-state index in [-0.39, 0.29) is 4.95 Å². The fourth-order valence-electron chi connectivity index (χ4n) is 0.645. The Kier molecular flexibility index (Phi) is 2.11. The molecule has 0 aromatic carbocycles. The quantitative estimate of drug-likeness (QED) is 0.487. The third kappa shape index (κ3) is 1.72. The Hall–Kier alpha value is -0.500. The molecule has 0 aromatic heterocycles. The maximum Gasteiger partial charge on any atom is 0.101 e. The van der Waals surface area contributed by atoms with E-state index in [0.717, 1.165) is 5.57 Å². The van der Waals surface area contributed by atoms with Crippen LogP contribution in [0.1, 0.15) is 0 Å². The van der Waals surface area contributed by atoms with E-state index < -0.39 is 0 Å². The van der Waals surface area contributed by atoms with Crippen molar-refractivity contribution >= 4 is 15.9 Å². The molecule has 1 nitrogen and oxygen atoms in total.